The fourth-order valence-electron chi connectivity index (χ4n) is 3.30. The number of hydrogen-bond acceptors (Lipinski definition) is 6. The van der Waals surface area contributed by atoms with Gasteiger partial charge >= 0.3 is 0 Å². The van der Waals surface area contributed by atoms with E-state index in [1.807, 2.05) is 20.7 Å². The molecule has 0 bridgehead atoms. The van der Waals surface area contributed by atoms with E-state index < -0.39 is 0 Å². The molecule has 3 aromatic rings. The van der Waals surface area contributed by atoms with Gasteiger partial charge in [0, 0.05) is 20.1 Å². The molecular formula is C16H19N5O2S2. The predicted molar refractivity (Wildman–Crippen MR) is 99.3 cm³/mol. The normalized spacial score (nSPS) is 18.3. The van der Waals surface area contributed by atoms with Crippen molar-refractivity contribution in [1.82, 2.24) is 24.1 Å². The number of carbonyl (C=O) groups excluding carboxylic acids is 1. The molecule has 0 radical (unpaired) electrons. The van der Waals surface area contributed by atoms with Gasteiger partial charge in [0.15, 0.2) is 5.16 Å². The van der Waals surface area contributed by atoms with Crippen molar-refractivity contribution < 1.29 is 4.79 Å². The van der Waals surface area contributed by atoms with E-state index in [0.29, 0.717) is 27.3 Å². The summed E-state index contributed by atoms with van der Waals surface area (Å²) in [5.41, 5.74) is 0.731. The number of amides is 1. The van der Waals surface area contributed by atoms with Crippen molar-refractivity contribution in [1.29, 1.82) is 0 Å². The zero-order valence-electron chi connectivity index (χ0n) is 14.1. The number of aryl methyl sites for hydroxylation is 1. The van der Waals surface area contributed by atoms with Gasteiger partial charge in [-0.25, -0.2) is 0 Å². The molecule has 25 heavy (non-hydrogen) atoms. The first-order valence-electron chi connectivity index (χ1n) is 8.28. The number of hydrogen-bond donors (Lipinski definition) is 0. The van der Waals surface area contributed by atoms with Gasteiger partial charge in [-0.1, -0.05) is 18.7 Å². The number of piperidine rings is 1. The molecule has 1 aliphatic rings. The maximum absolute atomic E-state index is 12.5. The van der Waals surface area contributed by atoms with E-state index >= 15 is 0 Å². The maximum atomic E-state index is 12.5. The van der Waals surface area contributed by atoms with Crippen LogP contribution in [0.4, 0.5) is 0 Å². The van der Waals surface area contributed by atoms with Crippen molar-refractivity contribution in [2.75, 3.05) is 18.8 Å². The number of thiophene rings is 1. The van der Waals surface area contributed by atoms with Gasteiger partial charge in [-0.3, -0.25) is 18.6 Å². The minimum absolute atomic E-state index is 0.0696. The monoisotopic (exact) mass is 377 g/mol. The minimum Gasteiger partial charge on any atom is -0.342 e. The van der Waals surface area contributed by atoms with Gasteiger partial charge < -0.3 is 4.90 Å². The Morgan fingerprint density at radius 2 is 2.28 bits per heavy atom. The van der Waals surface area contributed by atoms with Gasteiger partial charge in [0.25, 0.3) is 5.56 Å². The van der Waals surface area contributed by atoms with Gasteiger partial charge in [0.2, 0.25) is 11.7 Å². The van der Waals surface area contributed by atoms with Crippen LogP contribution in [0.5, 0.6) is 0 Å². The summed E-state index contributed by atoms with van der Waals surface area (Å²) in [6.45, 7) is 3.86. The van der Waals surface area contributed by atoms with Gasteiger partial charge in [0.05, 0.1) is 11.3 Å². The van der Waals surface area contributed by atoms with Crippen molar-refractivity contribution in [2.45, 2.75) is 24.9 Å². The molecule has 3 aromatic heterocycles. The highest BCUT2D eigenvalue weighted by Crippen LogP contribution is 2.24. The maximum Gasteiger partial charge on any atom is 0.272 e. The quantitative estimate of drug-likeness (QED) is 0.653. The second-order valence-electron chi connectivity index (χ2n) is 6.49. The molecule has 7 nitrogen and oxygen atoms in total. The first kappa shape index (κ1) is 16.6. The summed E-state index contributed by atoms with van der Waals surface area (Å²) in [4.78, 5) is 26.8. The van der Waals surface area contributed by atoms with Crippen LogP contribution in [0.25, 0.3) is 16.0 Å². The lowest BCUT2D eigenvalue weighted by Crippen LogP contribution is -2.40. The average Bonchev–Trinajstić information content (AvgIpc) is 3.24. The number of fused-ring (bicyclic) bond motifs is 3. The standard InChI is InChI=1S/C16H19N5O2S2/c1-10-4-3-6-20(8-10)12(22)9-25-16-18-17-15-19(2)14(23)13-11(21(15)16)5-7-24-13/h5,7,10H,3-4,6,8-9H2,1-2H3. The molecule has 1 atom stereocenters. The summed E-state index contributed by atoms with van der Waals surface area (Å²) >= 11 is 2.79. The highest BCUT2D eigenvalue weighted by atomic mass is 32.2. The Balaban J connectivity index is 1.62. The van der Waals surface area contributed by atoms with Gasteiger partial charge in [-0.15, -0.1) is 21.5 Å². The van der Waals surface area contributed by atoms with Gasteiger partial charge in [-0.2, -0.15) is 0 Å². The molecular weight excluding hydrogens is 358 g/mol. The lowest BCUT2D eigenvalue weighted by atomic mass is 10.0. The molecule has 1 fully saturated rings. The second kappa shape index (κ2) is 6.45. The van der Waals surface area contributed by atoms with Crippen LogP contribution in [0, 0.1) is 5.92 Å². The molecule has 0 spiro atoms. The van der Waals surface area contributed by atoms with E-state index in [1.165, 1.54) is 34.1 Å². The first-order chi connectivity index (χ1) is 12.1. The van der Waals surface area contributed by atoms with Crippen molar-refractivity contribution in [3.05, 3.63) is 21.8 Å². The van der Waals surface area contributed by atoms with E-state index in [2.05, 4.69) is 17.1 Å². The molecule has 1 saturated heterocycles. The van der Waals surface area contributed by atoms with Crippen LogP contribution < -0.4 is 5.56 Å². The molecule has 1 aliphatic heterocycles. The number of rotatable bonds is 3. The van der Waals surface area contributed by atoms with E-state index in [1.54, 1.807) is 7.05 Å². The van der Waals surface area contributed by atoms with Crippen LogP contribution in [-0.2, 0) is 11.8 Å². The Bertz CT molecular complexity index is 1010. The van der Waals surface area contributed by atoms with Crippen molar-refractivity contribution in [3.63, 3.8) is 0 Å². The third-order valence-electron chi connectivity index (χ3n) is 4.63. The molecule has 0 aliphatic carbocycles. The average molecular weight is 377 g/mol. The van der Waals surface area contributed by atoms with Crippen LogP contribution in [0.2, 0.25) is 0 Å². The minimum atomic E-state index is -0.0696. The van der Waals surface area contributed by atoms with Gasteiger partial charge in [-0.05, 0) is 30.2 Å². The Labute approximate surface area is 152 Å². The lowest BCUT2D eigenvalue weighted by molar-refractivity contribution is -0.130. The molecule has 4 heterocycles. The summed E-state index contributed by atoms with van der Waals surface area (Å²) in [7, 11) is 1.69. The molecule has 132 valence electrons. The van der Waals surface area contributed by atoms with Crippen molar-refractivity contribution in [3.8, 4) is 0 Å². The molecule has 0 aromatic carbocycles. The Morgan fingerprint density at radius 1 is 1.44 bits per heavy atom. The number of nitrogens with zero attached hydrogens (tertiary/aromatic N) is 5. The van der Waals surface area contributed by atoms with Crippen LogP contribution in [0.3, 0.4) is 0 Å². The van der Waals surface area contributed by atoms with Crippen molar-refractivity contribution >= 4 is 45.0 Å². The predicted octanol–water partition coefficient (Wildman–Crippen LogP) is 1.99. The number of likely N-dealkylation sites (tertiary alicyclic amines) is 1. The van der Waals surface area contributed by atoms with Crippen LogP contribution in [0.1, 0.15) is 19.8 Å². The lowest BCUT2D eigenvalue weighted by Gasteiger charge is -2.30. The Hall–Kier alpha value is -1.87. The van der Waals surface area contributed by atoms with Gasteiger partial charge in [0.1, 0.15) is 4.70 Å². The summed E-state index contributed by atoms with van der Waals surface area (Å²) in [5, 5.41) is 10.9. The van der Waals surface area contributed by atoms with E-state index in [4.69, 9.17) is 0 Å². The number of aromatic nitrogens is 4. The Morgan fingerprint density at radius 3 is 3.08 bits per heavy atom. The summed E-state index contributed by atoms with van der Waals surface area (Å²) in [5.74, 6) is 1.54. The first-order valence-corrected chi connectivity index (χ1v) is 10.1. The zero-order valence-corrected chi connectivity index (χ0v) is 15.8. The fraction of sp³-hybridized carbons (Fsp3) is 0.500. The molecule has 1 amide bonds. The van der Waals surface area contributed by atoms with E-state index in [9.17, 15) is 9.59 Å². The fourth-order valence-corrected chi connectivity index (χ4v) is 4.99. The molecule has 9 heteroatoms. The highest BCUT2D eigenvalue weighted by Gasteiger charge is 2.22. The smallest absolute Gasteiger partial charge is 0.272 e. The Kier molecular flexibility index (Phi) is 4.28. The summed E-state index contributed by atoms with van der Waals surface area (Å²) in [6, 6.07) is 1.90. The van der Waals surface area contributed by atoms with Crippen LogP contribution in [-0.4, -0.2) is 48.8 Å². The topological polar surface area (TPSA) is 72.5 Å². The molecule has 0 N–H and O–H groups in total. The van der Waals surface area contributed by atoms with E-state index in [-0.39, 0.29) is 11.5 Å². The molecule has 0 saturated carbocycles. The largest absolute Gasteiger partial charge is 0.342 e. The highest BCUT2D eigenvalue weighted by molar-refractivity contribution is 7.99. The summed E-state index contributed by atoms with van der Waals surface area (Å²) in [6.07, 6.45) is 2.26. The van der Waals surface area contributed by atoms with E-state index in [0.717, 1.165) is 25.0 Å². The SMILES string of the molecule is CC1CCCN(C(=O)CSc2nnc3n(C)c(=O)c4sccc4n23)C1. The molecule has 1 unspecified atom stereocenters. The summed E-state index contributed by atoms with van der Waals surface area (Å²) < 4.78 is 4.04. The number of carbonyl (C=O) groups is 1. The van der Waals surface area contributed by atoms with Crippen molar-refractivity contribution in [2.24, 2.45) is 13.0 Å². The third-order valence-corrected chi connectivity index (χ3v) is 6.44. The third kappa shape index (κ3) is 2.85. The van der Waals surface area contributed by atoms with Crippen LogP contribution in [0.15, 0.2) is 21.4 Å². The number of thioether (sulfide) groups is 1. The molecule has 4 rings (SSSR count). The zero-order chi connectivity index (χ0) is 17.6. The van der Waals surface area contributed by atoms with Crippen LogP contribution >= 0.6 is 23.1 Å². The second-order valence-corrected chi connectivity index (χ2v) is 8.35.